The van der Waals surface area contributed by atoms with Crippen molar-refractivity contribution in [3.63, 3.8) is 0 Å². The third kappa shape index (κ3) is 3.61. The number of amides is 1. The number of halogens is 1. The minimum atomic E-state index is 0. The summed E-state index contributed by atoms with van der Waals surface area (Å²) in [4.78, 5) is 14.5. The third-order valence-electron chi connectivity index (χ3n) is 4.65. The molecule has 1 saturated heterocycles. The molecule has 0 aromatic rings. The second-order valence-corrected chi connectivity index (χ2v) is 6.17. The van der Waals surface area contributed by atoms with E-state index in [-0.39, 0.29) is 18.4 Å². The standard InChI is InChI=1S/C14H26N2O.ClH/c1-10-3-5-12(6-4-10)14(17)16-8-7-13(15)11(2)9-16;/h10-13H,3-9,15H2,1-2H3;1H. The maximum atomic E-state index is 12.4. The van der Waals surface area contributed by atoms with Crippen LogP contribution in [0.1, 0.15) is 46.0 Å². The summed E-state index contributed by atoms with van der Waals surface area (Å²) in [5.74, 6) is 1.96. The number of piperidine rings is 1. The lowest BCUT2D eigenvalue weighted by Gasteiger charge is -2.38. The Bertz CT molecular complexity index is 277. The second-order valence-electron chi connectivity index (χ2n) is 6.17. The van der Waals surface area contributed by atoms with Crippen molar-refractivity contribution in [1.82, 2.24) is 4.90 Å². The van der Waals surface area contributed by atoms with Crippen LogP contribution in [0.15, 0.2) is 0 Å². The topological polar surface area (TPSA) is 46.3 Å². The summed E-state index contributed by atoms with van der Waals surface area (Å²) in [7, 11) is 0. The van der Waals surface area contributed by atoms with Crippen LogP contribution in [-0.4, -0.2) is 29.9 Å². The Hall–Kier alpha value is -0.280. The van der Waals surface area contributed by atoms with Gasteiger partial charge in [0.2, 0.25) is 5.91 Å². The number of rotatable bonds is 1. The van der Waals surface area contributed by atoms with E-state index in [0.717, 1.165) is 38.3 Å². The Morgan fingerprint density at radius 3 is 2.28 bits per heavy atom. The van der Waals surface area contributed by atoms with Crippen LogP contribution in [0.4, 0.5) is 0 Å². The number of nitrogens with zero attached hydrogens (tertiary/aromatic N) is 1. The molecule has 2 N–H and O–H groups in total. The normalized spacial score (nSPS) is 36.9. The predicted molar refractivity (Wildman–Crippen MR) is 76.7 cm³/mol. The molecule has 0 aromatic heterocycles. The highest BCUT2D eigenvalue weighted by atomic mass is 35.5. The monoisotopic (exact) mass is 274 g/mol. The van der Waals surface area contributed by atoms with Gasteiger partial charge in [0.15, 0.2) is 0 Å². The third-order valence-corrected chi connectivity index (χ3v) is 4.65. The van der Waals surface area contributed by atoms with Gasteiger partial charge < -0.3 is 10.6 Å². The van der Waals surface area contributed by atoms with Crippen molar-refractivity contribution in [3.8, 4) is 0 Å². The molecule has 2 fully saturated rings. The molecular formula is C14H27ClN2O. The average Bonchev–Trinajstić information content (AvgIpc) is 2.33. The van der Waals surface area contributed by atoms with Crippen LogP contribution >= 0.6 is 12.4 Å². The van der Waals surface area contributed by atoms with Crippen molar-refractivity contribution in [3.05, 3.63) is 0 Å². The molecule has 2 atom stereocenters. The van der Waals surface area contributed by atoms with Crippen molar-refractivity contribution >= 4 is 18.3 Å². The molecule has 0 radical (unpaired) electrons. The van der Waals surface area contributed by atoms with Gasteiger partial charge in [-0.1, -0.05) is 13.8 Å². The summed E-state index contributed by atoms with van der Waals surface area (Å²) in [5, 5.41) is 0. The molecule has 0 aromatic carbocycles. The van der Waals surface area contributed by atoms with E-state index in [1.807, 2.05) is 0 Å². The minimum absolute atomic E-state index is 0. The first-order chi connectivity index (χ1) is 8.08. The Kier molecular flexibility index (Phi) is 5.93. The molecule has 106 valence electrons. The molecule has 2 aliphatic rings. The summed E-state index contributed by atoms with van der Waals surface area (Å²) < 4.78 is 0. The quantitative estimate of drug-likeness (QED) is 0.798. The smallest absolute Gasteiger partial charge is 0.225 e. The molecule has 18 heavy (non-hydrogen) atoms. The fraction of sp³-hybridized carbons (Fsp3) is 0.929. The first kappa shape index (κ1) is 15.8. The largest absolute Gasteiger partial charge is 0.342 e. The van der Waals surface area contributed by atoms with Crippen LogP contribution in [-0.2, 0) is 4.79 Å². The van der Waals surface area contributed by atoms with Crippen LogP contribution in [0.2, 0.25) is 0 Å². The van der Waals surface area contributed by atoms with Gasteiger partial charge in [-0.25, -0.2) is 0 Å². The Labute approximate surface area is 117 Å². The lowest BCUT2D eigenvalue weighted by atomic mass is 9.82. The van der Waals surface area contributed by atoms with Crippen molar-refractivity contribution in [1.29, 1.82) is 0 Å². The van der Waals surface area contributed by atoms with E-state index in [9.17, 15) is 4.79 Å². The van der Waals surface area contributed by atoms with Crippen LogP contribution < -0.4 is 5.73 Å². The van der Waals surface area contributed by atoms with Crippen LogP contribution in [0, 0.1) is 17.8 Å². The van der Waals surface area contributed by atoms with Gasteiger partial charge >= 0.3 is 0 Å². The first-order valence-electron chi connectivity index (χ1n) is 7.12. The minimum Gasteiger partial charge on any atom is -0.342 e. The number of hydrogen-bond acceptors (Lipinski definition) is 2. The van der Waals surface area contributed by atoms with Crippen molar-refractivity contribution in [2.24, 2.45) is 23.5 Å². The fourth-order valence-corrected chi connectivity index (χ4v) is 3.13. The highest BCUT2D eigenvalue weighted by Gasteiger charge is 2.32. The fourth-order valence-electron chi connectivity index (χ4n) is 3.13. The summed E-state index contributed by atoms with van der Waals surface area (Å²) in [6.45, 7) is 6.19. The second kappa shape index (κ2) is 6.76. The molecule has 0 bridgehead atoms. The highest BCUT2D eigenvalue weighted by Crippen LogP contribution is 2.30. The number of nitrogens with two attached hydrogens (primary N) is 1. The maximum Gasteiger partial charge on any atom is 0.225 e. The van der Waals surface area contributed by atoms with Crippen LogP contribution in [0.25, 0.3) is 0 Å². The van der Waals surface area contributed by atoms with Crippen LogP contribution in [0.3, 0.4) is 0 Å². The molecule has 1 heterocycles. The molecule has 4 heteroatoms. The van der Waals surface area contributed by atoms with Gasteiger partial charge in [0, 0.05) is 25.0 Å². The van der Waals surface area contributed by atoms with E-state index in [2.05, 4.69) is 18.7 Å². The predicted octanol–water partition coefficient (Wildman–Crippen LogP) is 2.43. The van der Waals surface area contributed by atoms with Crippen molar-refractivity contribution in [2.75, 3.05) is 13.1 Å². The molecule has 1 amide bonds. The van der Waals surface area contributed by atoms with Gasteiger partial charge in [-0.05, 0) is 43.9 Å². The zero-order valence-corrected chi connectivity index (χ0v) is 12.4. The number of likely N-dealkylation sites (tertiary alicyclic amines) is 1. The SMILES string of the molecule is CC1CCC(C(=O)N2CCC(N)C(C)C2)CC1.Cl. The van der Waals surface area contributed by atoms with Gasteiger partial charge in [-0.3, -0.25) is 4.79 Å². The van der Waals surface area contributed by atoms with Crippen molar-refractivity contribution < 1.29 is 4.79 Å². The van der Waals surface area contributed by atoms with Gasteiger partial charge in [0.1, 0.15) is 0 Å². The molecule has 3 nitrogen and oxygen atoms in total. The molecular weight excluding hydrogens is 248 g/mol. The summed E-state index contributed by atoms with van der Waals surface area (Å²) >= 11 is 0. The Morgan fingerprint density at radius 1 is 1.11 bits per heavy atom. The van der Waals surface area contributed by atoms with E-state index in [1.54, 1.807) is 0 Å². The van der Waals surface area contributed by atoms with E-state index in [4.69, 9.17) is 5.73 Å². The van der Waals surface area contributed by atoms with E-state index >= 15 is 0 Å². The van der Waals surface area contributed by atoms with Crippen LogP contribution in [0.5, 0.6) is 0 Å². The molecule has 1 saturated carbocycles. The Morgan fingerprint density at radius 2 is 1.72 bits per heavy atom. The zero-order valence-electron chi connectivity index (χ0n) is 11.6. The summed E-state index contributed by atoms with van der Waals surface area (Å²) in [6.07, 6.45) is 5.60. The zero-order chi connectivity index (χ0) is 12.4. The van der Waals surface area contributed by atoms with Gasteiger partial charge in [0.25, 0.3) is 0 Å². The summed E-state index contributed by atoms with van der Waals surface area (Å²) in [5.41, 5.74) is 6.00. The average molecular weight is 275 g/mol. The molecule has 2 rings (SSSR count). The number of carbonyl (C=O) groups is 1. The first-order valence-corrected chi connectivity index (χ1v) is 7.12. The van der Waals surface area contributed by atoms with Crippen molar-refractivity contribution in [2.45, 2.75) is 52.0 Å². The number of hydrogen-bond donors (Lipinski definition) is 1. The lowest BCUT2D eigenvalue weighted by Crippen LogP contribution is -2.50. The molecule has 1 aliphatic carbocycles. The van der Waals surface area contributed by atoms with Gasteiger partial charge in [0.05, 0.1) is 0 Å². The van der Waals surface area contributed by atoms with E-state index in [1.165, 1.54) is 12.8 Å². The van der Waals surface area contributed by atoms with Gasteiger partial charge in [-0.15, -0.1) is 12.4 Å². The Balaban J connectivity index is 0.00000162. The highest BCUT2D eigenvalue weighted by molar-refractivity contribution is 5.85. The van der Waals surface area contributed by atoms with E-state index < -0.39 is 0 Å². The molecule has 0 spiro atoms. The molecule has 2 unspecified atom stereocenters. The van der Waals surface area contributed by atoms with Gasteiger partial charge in [-0.2, -0.15) is 0 Å². The molecule has 1 aliphatic heterocycles. The summed E-state index contributed by atoms with van der Waals surface area (Å²) in [6, 6.07) is 0.283. The lowest BCUT2D eigenvalue weighted by molar-refractivity contribution is -0.138. The number of carbonyl (C=O) groups excluding carboxylic acids is 1. The maximum absolute atomic E-state index is 12.4. The van der Waals surface area contributed by atoms with E-state index in [0.29, 0.717) is 17.7 Å².